The maximum absolute atomic E-state index is 8.83. The largest absolute Gasteiger partial charge is 0.396 e. The molecule has 0 aromatic rings. The van der Waals surface area contributed by atoms with Gasteiger partial charge in [0.25, 0.3) is 0 Å². The van der Waals surface area contributed by atoms with Crippen molar-refractivity contribution in [2.75, 3.05) is 6.61 Å². The first-order valence-corrected chi connectivity index (χ1v) is 4.01. The average molecular weight is 126 g/mol. The van der Waals surface area contributed by atoms with Crippen molar-refractivity contribution in [3.8, 4) is 0 Å². The van der Waals surface area contributed by atoms with Gasteiger partial charge in [-0.3, -0.25) is 0 Å². The first-order chi connectivity index (χ1) is 4.40. The molecule has 2 aliphatic rings. The van der Waals surface area contributed by atoms with Gasteiger partial charge in [-0.2, -0.15) is 0 Å². The summed E-state index contributed by atoms with van der Waals surface area (Å²) in [6, 6.07) is 0. The van der Waals surface area contributed by atoms with Crippen LogP contribution in [0.25, 0.3) is 0 Å². The monoisotopic (exact) mass is 126 g/mol. The summed E-state index contributed by atoms with van der Waals surface area (Å²) >= 11 is 0. The van der Waals surface area contributed by atoms with Gasteiger partial charge in [0, 0.05) is 6.61 Å². The van der Waals surface area contributed by atoms with E-state index in [0.29, 0.717) is 12.5 Å². The lowest BCUT2D eigenvalue weighted by atomic mass is 9.77. The number of hydrogen-bond donors (Lipinski definition) is 1. The number of aliphatic hydroxyl groups is 1. The van der Waals surface area contributed by atoms with Gasteiger partial charge in [0.2, 0.25) is 0 Å². The van der Waals surface area contributed by atoms with Crippen LogP contribution in [0.3, 0.4) is 0 Å². The topological polar surface area (TPSA) is 20.2 Å². The Morgan fingerprint density at radius 1 is 1.11 bits per heavy atom. The van der Waals surface area contributed by atoms with Crippen molar-refractivity contribution in [1.82, 2.24) is 0 Å². The summed E-state index contributed by atoms with van der Waals surface area (Å²) in [4.78, 5) is 0. The zero-order valence-electron chi connectivity index (χ0n) is 5.71. The molecule has 2 rings (SSSR count). The minimum absolute atomic E-state index is 0.438. The van der Waals surface area contributed by atoms with Gasteiger partial charge < -0.3 is 5.11 Å². The highest BCUT2D eigenvalue weighted by atomic mass is 16.3. The van der Waals surface area contributed by atoms with E-state index in [0.717, 1.165) is 11.8 Å². The second-order valence-corrected chi connectivity index (χ2v) is 3.62. The van der Waals surface area contributed by atoms with Crippen LogP contribution in [0, 0.1) is 17.8 Å². The van der Waals surface area contributed by atoms with E-state index in [-0.39, 0.29) is 0 Å². The molecule has 2 fully saturated rings. The molecule has 0 aromatic carbocycles. The van der Waals surface area contributed by atoms with E-state index in [4.69, 9.17) is 5.11 Å². The second kappa shape index (κ2) is 1.98. The number of hydrogen-bond acceptors (Lipinski definition) is 1. The van der Waals surface area contributed by atoms with Crippen LogP contribution in [0.15, 0.2) is 0 Å². The molecular formula is C8H14O. The Bertz CT molecular complexity index is 99.1. The van der Waals surface area contributed by atoms with Crippen molar-refractivity contribution in [2.24, 2.45) is 17.8 Å². The van der Waals surface area contributed by atoms with Crippen LogP contribution >= 0.6 is 0 Å². The molecule has 0 aliphatic heterocycles. The molecule has 0 amide bonds. The predicted molar refractivity (Wildman–Crippen MR) is 36.0 cm³/mol. The fourth-order valence-corrected chi connectivity index (χ4v) is 2.36. The molecule has 52 valence electrons. The molecule has 0 heterocycles. The molecule has 1 nitrogen and oxygen atoms in total. The quantitative estimate of drug-likeness (QED) is 0.563. The van der Waals surface area contributed by atoms with Gasteiger partial charge in [-0.15, -0.1) is 0 Å². The molecule has 1 N–H and O–H groups in total. The Balaban J connectivity index is 1.91. The number of rotatable bonds is 1. The Morgan fingerprint density at radius 2 is 1.67 bits per heavy atom. The Labute approximate surface area is 56.1 Å². The highest BCUT2D eigenvalue weighted by Crippen LogP contribution is 2.49. The third kappa shape index (κ3) is 0.787. The summed E-state index contributed by atoms with van der Waals surface area (Å²) in [5.41, 5.74) is 0. The van der Waals surface area contributed by atoms with Crippen molar-refractivity contribution in [3.63, 3.8) is 0 Å². The van der Waals surface area contributed by atoms with Gasteiger partial charge in [-0.1, -0.05) is 0 Å². The molecule has 0 bridgehead atoms. The molecule has 1 heteroatoms. The van der Waals surface area contributed by atoms with Gasteiger partial charge in [0.15, 0.2) is 0 Å². The van der Waals surface area contributed by atoms with E-state index < -0.39 is 0 Å². The molecule has 0 aromatic heterocycles. The maximum Gasteiger partial charge on any atom is 0.0459 e. The molecule has 2 unspecified atom stereocenters. The molecule has 0 radical (unpaired) electrons. The van der Waals surface area contributed by atoms with Gasteiger partial charge in [-0.05, 0) is 43.4 Å². The van der Waals surface area contributed by atoms with E-state index in [1.165, 1.54) is 25.7 Å². The third-order valence-electron chi connectivity index (χ3n) is 3.11. The van der Waals surface area contributed by atoms with Gasteiger partial charge in [0.1, 0.15) is 0 Å². The predicted octanol–water partition coefficient (Wildman–Crippen LogP) is 1.41. The van der Waals surface area contributed by atoms with Crippen molar-refractivity contribution < 1.29 is 5.11 Å². The van der Waals surface area contributed by atoms with Gasteiger partial charge >= 0.3 is 0 Å². The van der Waals surface area contributed by atoms with Crippen LogP contribution in [-0.4, -0.2) is 11.7 Å². The normalized spacial score (nSPS) is 48.3. The number of fused-ring (bicyclic) bond motifs is 1. The van der Waals surface area contributed by atoms with Crippen LogP contribution in [0.1, 0.15) is 25.7 Å². The standard InChI is InChI=1S/C8H14O/c9-5-6-3-7-1-2-8(7)4-6/h6-9H,1-5H2. The zero-order chi connectivity index (χ0) is 6.27. The van der Waals surface area contributed by atoms with Crippen LogP contribution in [0.2, 0.25) is 0 Å². The van der Waals surface area contributed by atoms with Crippen LogP contribution in [-0.2, 0) is 0 Å². The summed E-state index contributed by atoms with van der Waals surface area (Å²) in [6.07, 6.45) is 5.53. The van der Waals surface area contributed by atoms with Crippen LogP contribution in [0.5, 0.6) is 0 Å². The van der Waals surface area contributed by atoms with Crippen molar-refractivity contribution in [1.29, 1.82) is 0 Å². The molecule has 0 spiro atoms. The van der Waals surface area contributed by atoms with E-state index in [9.17, 15) is 0 Å². The fourth-order valence-electron chi connectivity index (χ4n) is 2.36. The molecule has 2 saturated carbocycles. The summed E-state index contributed by atoms with van der Waals surface area (Å²) in [6.45, 7) is 0.438. The van der Waals surface area contributed by atoms with Gasteiger partial charge in [0.05, 0.1) is 0 Å². The highest BCUT2D eigenvalue weighted by molar-refractivity contribution is 4.90. The SMILES string of the molecule is OCC1CC2CCC2C1. The van der Waals surface area contributed by atoms with E-state index in [1.807, 2.05) is 0 Å². The van der Waals surface area contributed by atoms with Crippen LogP contribution < -0.4 is 0 Å². The van der Waals surface area contributed by atoms with Crippen molar-refractivity contribution >= 4 is 0 Å². The first kappa shape index (κ1) is 5.72. The smallest absolute Gasteiger partial charge is 0.0459 e. The van der Waals surface area contributed by atoms with E-state index in [1.54, 1.807) is 0 Å². The van der Waals surface area contributed by atoms with Crippen LogP contribution in [0.4, 0.5) is 0 Å². The van der Waals surface area contributed by atoms with Crippen molar-refractivity contribution in [3.05, 3.63) is 0 Å². The Morgan fingerprint density at radius 3 is 2.00 bits per heavy atom. The highest BCUT2D eigenvalue weighted by Gasteiger charge is 2.39. The first-order valence-electron chi connectivity index (χ1n) is 4.01. The Hall–Kier alpha value is -0.0400. The average Bonchev–Trinajstić information content (AvgIpc) is 2.10. The summed E-state index contributed by atoms with van der Waals surface area (Å²) < 4.78 is 0. The molecule has 2 aliphatic carbocycles. The minimum Gasteiger partial charge on any atom is -0.396 e. The molecular weight excluding hydrogens is 112 g/mol. The Kier molecular flexibility index (Phi) is 1.26. The minimum atomic E-state index is 0.438. The maximum atomic E-state index is 8.83. The summed E-state index contributed by atoms with van der Waals surface area (Å²) in [5, 5.41) is 8.83. The zero-order valence-corrected chi connectivity index (χ0v) is 5.71. The number of aliphatic hydroxyl groups excluding tert-OH is 1. The molecule has 2 atom stereocenters. The second-order valence-electron chi connectivity index (χ2n) is 3.62. The lowest BCUT2D eigenvalue weighted by Gasteiger charge is -2.29. The van der Waals surface area contributed by atoms with Crippen molar-refractivity contribution in [2.45, 2.75) is 25.7 Å². The third-order valence-corrected chi connectivity index (χ3v) is 3.11. The lowest BCUT2D eigenvalue weighted by Crippen LogP contribution is -2.18. The summed E-state index contributed by atoms with van der Waals surface area (Å²) in [7, 11) is 0. The van der Waals surface area contributed by atoms with E-state index in [2.05, 4.69) is 0 Å². The van der Waals surface area contributed by atoms with E-state index >= 15 is 0 Å². The summed E-state index contributed by atoms with van der Waals surface area (Å²) in [5.74, 6) is 2.70. The lowest BCUT2D eigenvalue weighted by molar-refractivity contribution is 0.219. The molecule has 0 saturated heterocycles. The molecule has 9 heavy (non-hydrogen) atoms. The van der Waals surface area contributed by atoms with Gasteiger partial charge in [-0.25, -0.2) is 0 Å². The fraction of sp³-hybridized carbons (Fsp3) is 1.00.